The Balaban J connectivity index is 2.46. The van der Waals surface area contributed by atoms with E-state index in [1.807, 2.05) is 7.05 Å². The summed E-state index contributed by atoms with van der Waals surface area (Å²) < 4.78 is 4.69. The molecule has 1 atom stereocenters. The second kappa shape index (κ2) is 4.95. The van der Waals surface area contributed by atoms with Crippen LogP contribution >= 0.6 is 0 Å². The fourth-order valence-corrected chi connectivity index (χ4v) is 1.42. The summed E-state index contributed by atoms with van der Waals surface area (Å²) in [6, 6.07) is -0.437. The van der Waals surface area contributed by atoms with E-state index in [0.717, 1.165) is 13.0 Å². The van der Waals surface area contributed by atoms with Crippen molar-refractivity contribution < 1.29 is 14.3 Å². The molecule has 14 heavy (non-hydrogen) atoms. The van der Waals surface area contributed by atoms with Crippen LogP contribution in [0.5, 0.6) is 0 Å². The Bertz CT molecular complexity index is 230. The minimum Gasteiger partial charge on any atom is -0.454 e. The Morgan fingerprint density at radius 2 is 2.29 bits per heavy atom. The van der Waals surface area contributed by atoms with Crippen molar-refractivity contribution in [2.75, 3.05) is 26.7 Å². The molecule has 0 spiro atoms. The number of esters is 1. The van der Waals surface area contributed by atoms with Gasteiger partial charge in [-0.3, -0.25) is 4.79 Å². The van der Waals surface area contributed by atoms with Crippen molar-refractivity contribution in [2.24, 2.45) is 0 Å². The molecule has 1 rings (SSSR count). The summed E-state index contributed by atoms with van der Waals surface area (Å²) in [4.78, 5) is 24.1. The van der Waals surface area contributed by atoms with Gasteiger partial charge in [-0.25, -0.2) is 4.79 Å². The van der Waals surface area contributed by atoms with Crippen LogP contribution in [0.3, 0.4) is 0 Å². The highest BCUT2D eigenvalue weighted by atomic mass is 16.5. The van der Waals surface area contributed by atoms with Gasteiger partial charge in [0, 0.05) is 6.54 Å². The van der Waals surface area contributed by atoms with Crippen molar-refractivity contribution in [1.29, 1.82) is 0 Å². The predicted octanol–water partition coefficient (Wildman–Crippen LogP) is -0.630. The summed E-state index contributed by atoms with van der Waals surface area (Å²) in [5.41, 5.74) is 0. The maximum atomic E-state index is 11.4. The molecule has 1 aliphatic rings. The first kappa shape index (κ1) is 11.0. The fraction of sp³-hybridized carbons (Fsp3) is 0.778. The number of hydrogen-bond acceptors (Lipinski definition) is 4. The van der Waals surface area contributed by atoms with Crippen molar-refractivity contribution in [2.45, 2.75) is 19.4 Å². The third-order valence-electron chi connectivity index (χ3n) is 2.29. The lowest BCUT2D eigenvalue weighted by molar-refractivity contribution is -0.168. The van der Waals surface area contributed by atoms with Crippen molar-refractivity contribution >= 4 is 11.9 Å². The largest absolute Gasteiger partial charge is 0.454 e. The van der Waals surface area contributed by atoms with E-state index in [2.05, 4.69) is 5.32 Å². The van der Waals surface area contributed by atoms with E-state index in [-0.39, 0.29) is 18.5 Å². The first-order chi connectivity index (χ1) is 6.66. The molecule has 1 fully saturated rings. The van der Waals surface area contributed by atoms with Crippen molar-refractivity contribution in [3.05, 3.63) is 0 Å². The molecule has 1 aliphatic heterocycles. The molecular weight excluding hydrogens is 184 g/mol. The molecule has 1 heterocycles. The van der Waals surface area contributed by atoms with Gasteiger partial charge >= 0.3 is 5.97 Å². The fourth-order valence-electron chi connectivity index (χ4n) is 1.42. The molecule has 0 aliphatic carbocycles. The standard InChI is InChI=1S/C9H16N2O3/c1-7-9(13)14-6-8(12)11(7)5-3-4-10-2/h7,10H,3-6H2,1-2H3. The molecule has 5 nitrogen and oxygen atoms in total. The summed E-state index contributed by atoms with van der Waals surface area (Å²) in [5, 5.41) is 2.99. The molecule has 0 bridgehead atoms. The number of rotatable bonds is 4. The highest BCUT2D eigenvalue weighted by molar-refractivity contribution is 5.90. The first-order valence-corrected chi connectivity index (χ1v) is 4.77. The zero-order chi connectivity index (χ0) is 10.6. The molecule has 5 heteroatoms. The van der Waals surface area contributed by atoms with Gasteiger partial charge in [0.25, 0.3) is 5.91 Å². The van der Waals surface area contributed by atoms with Crippen molar-refractivity contribution in [3.8, 4) is 0 Å². The molecule has 0 aromatic rings. The zero-order valence-corrected chi connectivity index (χ0v) is 8.58. The number of hydrogen-bond donors (Lipinski definition) is 1. The minimum atomic E-state index is -0.437. The van der Waals surface area contributed by atoms with Crippen LogP contribution in [0.1, 0.15) is 13.3 Å². The van der Waals surface area contributed by atoms with Gasteiger partial charge in [0.2, 0.25) is 0 Å². The molecule has 1 amide bonds. The third-order valence-corrected chi connectivity index (χ3v) is 2.29. The second-order valence-electron chi connectivity index (χ2n) is 3.33. The van der Waals surface area contributed by atoms with Gasteiger partial charge in [-0.1, -0.05) is 0 Å². The molecule has 0 radical (unpaired) electrons. The summed E-state index contributed by atoms with van der Waals surface area (Å²) in [6.45, 7) is 3.03. The molecular formula is C9H16N2O3. The summed E-state index contributed by atoms with van der Waals surface area (Å²) in [7, 11) is 1.86. The van der Waals surface area contributed by atoms with Gasteiger partial charge in [0.05, 0.1) is 0 Å². The molecule has 1 N–H and O–H groups in total. The molecule has 1 unspecified atom stereocenters. The molecule has 0 aromatic carbocycles. The number of carbonyl (C=O) groups is 2. The lowest BCUT2D eigenvalue weighted by Crippen LogP contribution is -2.51. The van der Waals surface area contributed by atoms with Crippen molar-refractivity contribution in [3.63, 3.8) is 0 Å². The number of nitrogens with zero attached hydrogens (tertiary/aromatic N) is 1. The van der Waals surface area contributed by atoms with E-state index in [4.69, 9.17) is 4.74 Å². The molecule has 0 aromatic heterocycles. The van der Waals surface area contributed by atoms with E-state index in [1.165, 1.54) is 0 Å². The van der Waals surface area contributed by atoms with Crippen LogP contribution in [0, 0.1) is 0 Å². The predicted molar refractivity (Wildman–Crippen MR) is 50.7 cm³/mol. The Morgan fingerprint density at radius 3 is 2.93 bits per heavy atom. The normalized spacial score (nSPS) is 22.4. The van der Waals surface area contributed by atoms with Crippen LogP contribution in [0.4, 0.5) is 0 Å². The number of ether oxygens (including phenoxy) is 1. The van der Waals surface area contributed by atoms with Crippen LogP contribution in [0.15, 0.2) is 0 Å². The van der Waals surface area contributed by atoms with Gasteiger partial charge in [-0.05, 0) is 26.9 Å². The van der Waals surface area contributed by atoms with E-state index >= 15 is 0 Å². The van der Waals surface area contributed by atoms with Gasteiger partial charge < -0.3 is 15.0 Å². The Hall–Kier alpha value is -1.10. The SMILES string of the molecule is CNCCCN1C(=O)COC(=O)C1C. The number of amides is 1. The molecule has 1 saturated heterocycles. The Labute approximate surface area is 83.4 Å². The van der Waals surface area contributed by atoms with Crippen molar-refractivity contribution in [1.82, 2.24) is 10.2 Å². The summed E-state index contributed by atoms with van der Waals surface area (Å²) in [5.74, 6) is -0.415. The van der Waals surface area contributed by atoms with E-state index in [0.29, 0.717) is 6.54 Å². The van der Waals surface area contributed by atoms with Gasteiger partial charge in [0.15, 0.2) is 6.61 Å². The van der Waals surface area contributed by atoms with E-state index < -0.39 is 6.04 Å². The van der Waals surface area contributed by atoms with Crippen LogP contribution < -0.4 is 5.32 Å². The van der Waals surface area contributed by atoms with Gasteiger partial charge in [-0.2, -0.15) is 0 Å². The van der Waals surface area contributed by atoms with Gasteiger partial charge in [-0.15, -0.1) is 0 Å². The topological polar surface area (TPSA) is 58.6 Å². The number of carbonyl (C=O) groups excluding carboxylic acids is 2. The lowest BCUT2D eigenvalue weighted by Gasteiger charge is -2.31. The van der Waals surface area contributed by atoms with Crippen LogP contribution in [-0.2, 0) is 14.3 Å². The van der Waals surface area contributed by atoms with E-state index in [1.54, 1.807) is 11.8 Å². The average Bonchev–Trinajstić information content (AvgIpc) is 2.18. The number of morpholine rings is 1. The Morgan fingerprint density at radius 1 is 1.57 bits per heavy atom. The highest BCUT2D eigenvalue weighted by Crippen LogP contribution is 2.09. The second-order valence-corrected chi connectivity index (χ2v) is 3.33. The number of cyclic esters (lactones) is 1. The monoisotopic (exact) mass is 200 g/mol. The quantitative estimate of drug-likeness (QED) is 0.485. The van der Waals surface area contributed by atoms with E-state index in [9.17, 15) is 9.59 Å². The van der Waals surface area contributed by atoms with Crippen LogP contribution in [0.25, 0.3) is 0 Å². The smallest absolute Gasteiger partial charge is 0.329 e. The van der Waals surface area contributed by atoms with Crippen LogP contribution in [-0.4, -0.2) is 49.6 Å². The summed E-state index contributed by atoms with van der Waals surface area (Å²) >= 11 is 0. The first-order valence-electron chi connectivity index (χ1n) is 4.77. The Kier molecular flexibility index (Phi) is 3.88. The molecule has 0 saturated carbocycles. The highest BCUT2D eigenvalue weighted by Gasteiger charge is 2.31. The maximum absolute atomic E-state index is 11.4. The lowest BCUT2D eigenvalue weighted by atomic mass is 10.2. The maximum Gasteiger partial charge on any atom is 0.329 e. The minimum absolute atomic E-state index is 0.104. The average molecular weight is 200 g/mol. The summed E-state index contributed by atoms with van der Waals surface area (Å²) in [6.07, 6.45) is 0.847. The third kappa shape index (κ3) is 2.45. The van der Waals surface area contributed by atoms with Crippen LogP contribution in [0.2, 0.25) is 0 Å². The van der Waals surface area contributed by atoms with Gasteiger partial charge in [0.1, 0.15) is 6.04 Å². The zero-order valence-electron chi connectivity index (χ0n) is 8.58. The molecule has 80 valence electrons. The number of nitrogens with one attached hydrogen (secondary N) is 1.